The lowest BCUT2D eigenvalue weighted by atomic mass is 9.96. The van der Waals surface area contributed by atoms with Crippen molar-refractivity contribution in [2.45, 2.75) is 44.8 Å². The van der Waals surface area contributed by atoms with Crippen molar-refractivity contribution >= 4 is 23.5 Å². The van der Waals surface area contributed by atoms with Crippen LogP contribution in [0.4, 0.5) is 8.78 Å². The van der Waals surface area contributed by atoms with Crippen LogP contribution in [0.15, 0.2) is 29.4 Å². The third kappa shape index (κ3) is 5.93. The molecule has 2 N–H and O–H groups in total. The van der Waals surface area contributed by atoms with Crippen molar-refractivity contribution in [2.24, 2.45) is 5.10 Å². The second-order valence-corrected chi connectivity index (χ2v) is 5.53. The summed E-state index contributed by atoms with van der Waals surface area (Å²) in [4.78, 5) is 0. The number of ether oxygens (including phenoxy) is 1. The van der Waals surface area contributed by atoms with Gasteiger partial charge < -0.3 is 10.1 Å². The van der Waals surface area contributed by atoms with Crippen LogP contribution in [0.1, 0.15) is 37.7 Å². The minimum atomic E-state index is -2.82. The molecule has 120 valence electrons. The average Bonchev–Trinajstić information content (AvgIpc) is 2.49. The molecule has 1 aliphatic carbocycles. The fourth-order valence-corrected chi connectivity index (χ4v) is 2.58. The molecule has 1 aliphatic rings. The predicted molar refractivity (Wildman–Crippen MR) is 86.4 cm³/mol. The van der Waals surface area contributed by atoms with Gasteiger partial charge in [0.15, 0.2) is 5.11 Å². The van der Waals surface area contributed by atoms with E-state index in [1.54, 1.807) is 18.3 Å². The van der Waals surface area contributed by atoms with E-state index in [1.165, 1.54) is 31.4 Å². The molecule has 1 aromatic carbocycles. The van der Waals surface area contributed by atoms with Gasteiger partial charge in [-0.25, -0.2) is 0 Å². The van der Waals surface area contributed by atoms with Gasteiger partial charge in [-0.15, -0.1) is 0 Å². The first-order valence-corrected chi connectivity index (χ1v) is 7.69. The molecule has 0 unspecified atom stereocenters. The predicted octanol–water partition coefficient (Wildman–Crippen LogP) is 3.42. The number of rotatable bonds is 5. The lowest BCUT2D eigenvalue weighted by Crippen LogP contribution is -2.40. The highest BCUT2D eigenvalue weighted by atomic mass is 32.1. The molecular weight excluding hydrogens is 308 g/mol. The summed E-state index contributed by atoms with van der Waals surface area (Å²) < 4.78 is 28.3. The molecule has 0 bridgehead atoms. The molecule has 2 rings (SSSR count). The fraction of sp³-hybridized carbons (Fsp3) is 0.467. The van der Waals surface area contributed by atoms with Crippen LogP contribution in [0.5, 0.6) is 5.75 Å². The Balaban J connectivity index is 1.75. The van der Waals surface area contributed by atoms with E-state index in [-0.39, 0.29) is 5.75 Å². The van der Waals surface area contributed by atoms with Gasteiger partial charge in [0.05, 0.1) is 6.21 Å². The Kier molecular flexibility index (Phi) is 6.51. The SMILES string of the molecule is FC(F)Oc1ccc(/C=N\NC(=S)NC2CCCCC2)cc1. The normalized spacial score (nSPS) is 16.0. The van der Waals surface area contributed by atoms with Crippen LogP contribution in [-0.4, -0.2) is 24.0 Å². The molecule has 0 amide bonds. The molecule has 0 saturated heterocycles. The van der Waals surface area contributed by atoms with Gasteiger partial charge in [0.2, 0.25) is 0 Å². The smallest absolute Gasteiger partial charge is 0.387 e. The molecule has 0 heterocycles. The number of nitrogens with one attached hydrogen (secondary N) is 2. The summed E-state index contributed by atoms with van der Waals surface area (Å²) in [5.41, 5.74) is 3.52. The Hall–Kier alpha value is -1.76. The van der Waals surface area contributed by atoms with Crippen molar-refractivity contribution in [3.8, 4) is 5.75 Å². The second kappa shape index (κ2) is 8.63. The summed E-state index contributed by atoms with van der Waals surface area (Å²) in [6, 6.07) is 6.63. The molecule has 1 saturated carbocycles. The number of hydrogen-bond acceptors (Lipinski definition) is 3. The van der Waals surface area contributed by atoms with Crippen LogP contribution in [0.3, 0.4) is 0 Å². The fourth-order valence-electron chi connectivity index (χ4n) is 2.37. The lowest BCUT2D eigenvalue weighted by molar-refractivity contribution is -0.0498. The first-order chi connectivity index (χ1) is 10.6. The highest BCUT2D eigenvalue weighted by molar-refractivity contribution is 7.80. The molecular formula is C15H19F2N3OS. The first-order valence-electron chi connectivity index (χ1n) is 7.28. The Bertz CT molecular complexity index is 502. The van der Waals surface area contributed by atoms with Gasteiger partial charge in [-0.1, -0.05) is 19.3 Å². The van der Waals surface area contributed by atoms with Crippen molar-refractivity contribution in [2.75, 3.05) is 0 Å². The molecule has 0 aliphatic heterocycles. The largest absolute Gasteiger partial charge is 0.435 e. The quantitative estimate of drug-likeness (QED) is 0.494. The van der Waals surface area contributed by atoms with E-state index in [0.717, 1.165) is 18.4 Å². The van der Waals surface area contributed by atoms with Crippen LogP contribution >= 0.6 is 12.2 Å². The van der Waals surface area contributed by atoms with Crippen LogP contribution < -0.4 is 15.5 Å². The van der Waals surface area contributed by atoms with Crippen molar-refractivity contribution in [3.63, 3.8) is 0 Å². The summed E-state index contributed by atoms with van der Waals surface area (Å²) in [7, 11) is 0. The van der Waals surface area contributed by atoms with Crippen LogP contribution in [-0.2, 0) is 0 Å². The van der Waals surface area contributed by atoms with Gasteiger partial charge in [0, 0.05) is 6.04 Å². The second-order valence-electron chi connectivity index (χ2n) is 5.13. The number of thiocarbonyl (C=S) groups is 1. The zero-order valence-electron chi connectivity index (χ0n) is 12.1. The topological polar surface area (TPSA) is 45.6 Å². The summed E-state index contributed by atoms with van der Waals surface area (Å²) in [6.45, 7) is -2.82. The monoisotopic (exact) mass is 327 g/mol. The maximum absolute atomic E-state index is 12.0. The van der Waals surface area contributed by atoms with E-state index in [0.29, 0.717) is 11.2 Å². The summed E-state index contributed by atoms with van der Waals surface area (Å²) in [5, 5.41) is 7.77. The van der Waals surface area contributed by atoms with Gasteiger partial charge in [0.25, 0.3) is 0 Å². The highest BCUT2D eigenvalue weighted by Gasteiger charge is 2.13. The zero-order valence-corrected chi connectivity index (χ0v) is 12.9. The van der Waals surface area contributed by atoms with Crippen molar-refractivity contribution in [3.05, 3.63) is 29.8 Å². The Morgan fingerprint density at radius 1 is 1.23 bits per heavy atom. The highest BCUT2D eigenvalue weighted by Crippen LogP contribution is 2.17. The molecule has 1 aromatic rings. The van der Waals surface area contributed by atoms with Gasteiger partial charge in [-0.2, -0.15) is 13.9 Å². The standard InChI is InChI=1S/C15H19F2N3OS/c16-14(17)21-13-8-6-11(7-9-13)10-18-20-15(22)19-12-4-2-1-3-5-12/h6-10,12,14H,1-5H2,(H2,19,20,22)/b18-10-. The Labute approximate surface area is 133 Å². The first kappa shape index (κ1) is 16.6. The van der Waals surface area contributed by atoms with Crippen molar-refractivity contribution in [1.82, 2.24) is 10.7 Å². The molecule has 0 atom stereocenters. The van der Waals surface area contributed by atoms with Gasteiger partial charge in [-0.05, 0) is 54.9 Å². The van der Waals surface area contributed by atoms with Crippen LogP contribution in [0.25, 0.3) is 0 Å². The Morgan fingerprint density at radius 3 is 2.55 bits per heavy atom. The van der Waals surface area contributed by atoms with E-state index in [1.807, 2.05) is 0 Å². The minimum absolute atomic E-state index is 0.120. The number of benzene rings is 1. The number of hydrogen-bond donors (Lipinski definition) is 2. The maximum atomic E-state index is 12.0. The molecule has 22 heavy (non-hydrogen) atoms. The van der Waals surface area contributed by atoms with E-state index < -0.39 is 6.61 Å². The minimum Gasteiger partial charge on any atom is -0.435 e. The molecule has 0 aromatic heterocycles. The number of nitrogens with zero attached hydrogens (tertiary/aromatic N) is 1. The number of alkyl halides is 2. The average molecular weight is 327 g/mol. The van der Waals surface area contributed by atoms with Gasteiger partial charge in [0.1, 0.15) is 5.75 Å². The van der Waals surface area contributed by atoms with E-state index in [9.17, 15) is 8.78 Å². The molecule has 1 fully saturated rings. The molecule has 7 heteroatoms. The van der Waals surface area contributed by atoms with Crippen molar-refractivity contribution < 1.29 is 13.5 Å². The summed E-state index contributed by atoms with van der Waals surface area (Å²) in [6.07, 6.45) is 7.60. The van der Waals surface area contributed by atoms with E-state index in [2.05, 4.69) is 20.6 Å². The van der Waals surface area contributed by atoms with Crippen LogP contribution in [0, 0.1) is 0 Å². The maximum Gasteiger partial charge on any atom is 0.387 e. The number of halogens is 2. The third-order valence-corrected chi connectivity index (χ3v) is 3.63. The Morgan fingerprint density at radius 2 is 1.91 bits per heavy atom. The number of hydrazone groups is 1. The zero-order chi connectivity index (χ0) is 15.8. The molecule has 4 nitrogen and oxygen atoms in total. The van der Waals surface area contributed by atoms with Crippen LogP contribution in [0.2, 0.25) is 0 Å². The molecule has 0 radical (unpaired) electrons. The van der Waals surface area contributed by atoms with Crippen molar-refractivity contribution in [1.29, 1.82) is 0 Å². The van der Waals surface area contributed by atoms with E-state index >= 15 is 0 Å². The van der Waals surface area contributed by atoms with E-state index in [4.69, 9.17) is 12.2 Å². The summed E-state index contributed by atoms with van der Waals surface area (Å²) >= 11 is 5.18. The summed E-state index contributed by atoms with van der Waals surface area (Å²) in [5.74, 6) is 0.120. The lowest BCUT2D eigenvalue weighted by Gasteiger charge is -2.23. The van der Waals surface area contributed by atoms with Gasteiger partial charge >= 0.3 is 6.61 Å². The third-order valence-electron chi connectivity index (χ3n) is 3.43. The van der Waals surface area contributed by atoms with Gasteiger partial charge in [-0.3, -0.25) is 5.43 Å². The molecule has 0 spiro atoms.